The molecule has 2 aromatic carbocycles. The van der Waals surface area contributed by atoms with E-state index in [0.29, 0.717) is 17.0 Å². The van der Waals surface area contributed by atoms with Crippen molar-refractivity contribution in [3.05, 3.63) is 86.7 Å². The Morgan fingerprint density at radius 1 is 0.944 bits per heavy atom. The van der Waals surface area contributed by atoms with E-state index in [-0.39, 0.29) is 30.0 Å². The Bertz CT molecular complexity index is 1190. The van der Waals surface area contributed by atoms with Gasteiger partial charge in [0.2, 0.25) is 0 Å². The van der Waals surface area contributed by atoms with E-state index in [1.165, 1.54) is 18.2 Å². The number of nitro benzene ring substituents is 1. The molecule has 0 aromatic heterocycles. The fourth-order valence-electron chi connectivity index (χ4n) is 4.44. The SMILES string of the molecule is CCOC(=O)C1=C(C)N(c2ccc(N(C)C)cc2)C(C)=C(C(=O)OCC)C1c1cccc([N+](=O)[O-])c1. The Morgan fingerprint density at radius 2 is 1.47 bits per heavy atom. The summed E-state index contributed by atoms with van der Waals surface area (Å²) < 4.78 is 10.8. The first kappa shape index (κ1) is 26.5. The molecule has 0 amide bonds. The smallest absolute Gasteiger partial charge is 0.336 e. The van der Waals surface area contributed by atoms with E-state index in [1.807, 2.05) is 48.2 Å². The molecule has 9 nitrogen and oxygen atoms in total. The number of hydrogen-bond donors (Lipinski definition) is 0. The number of ether oxygens (including phenoxy) is 2. The van der Waals surface area contributed by atoms with Gasteiger partial charge in [0.05, 0.1) is 35.2 Å². The second-order valence-electron chi connectivity index (χ2n) is 8.47. The number of nitrogens with zero attached hydrogens (tertiary/aromatic N) is 3. The minimum absolute atomic E-state index is 0.131. The van der Waals surface area contributed by atoms with Gasteiger partial charge in [0.15, 0.2) is 0 Å². The number of hydrogen-bond acceptors (Lipinski definition) is 8. The molecule has 0 saturated carbocycles. The Hall–Kier alpha value is -4.14. The summed E-state index contributed by atoms with van der Waals surface area (Å²) in [5, 5.41) is 11.5. The summed E-state index contributed by atoms with van der Waals surface area (Å²) in [6.45, 7) is 7.22. The predicted molar refractivity (Wildman–Crippen MR) is 138 cm³/mol. The van der Waals surface area contributed by atoms with Crippen LogP contribution < -0.4 is 9.80 Å². The fourth-order valence-corrected chi connectivity index (χ4v) is 4.44. The van der Waals surface area contributed by atoms with Gasteiger partial charge in [0, 0.05) is 49.0 Å². The largest absolute Gasteiger partial charge is 0.463 e. The van der Waals surface area contributed by atoms with Gasteiger partial charge in [-0.1, -0.05) is 12.1 Å². The lowest BCUT2D eigenvalue weighted by Crippen LogP contribution is -2.35. The van der Waals surface area contributed by atoms with Crippen LogP contribution in [0.25, 0.3) is 0 Å². The molecule has 0 aliphatic carbocycles. The summed E-state index contributed by atoms with van der Waals surface area (Å²) in [6, 6.07) is 13.6. The number of esters is 2. The molecular formula is C27H31N3O6. The summed E-state index contributed by atoms with van der Waals surface area (Å²) in [5.41, 5.74) is 3.60. The van der Waals surface area contributed by atoms with E-state index in [2.05, 4.69) is 0 Å². The fraction of sp³-hybridized carbons (Fsp3) is 0.333. The first-order valence-corrected chi connectivity index (χ1v) is 11.7. The lowest BCUT2D eigenvalue weighted by molar-refractivity contribution is -0.384. The summed E-state index contributed by atoms with van der Waals surface area (Å²) >= 11 is 0. The molecule has 0 unspecified atom stereocenters. The molecule has 190 valence electrons. The number of nitro groups is 1. The maximum Gasteiger partial charge on any atom is 0.336 e. The van der Waals surface area contributed by atoms with E-state index in [1.54, 1.807) is 33.8 Å². The van der Waals surface area contributed by atoms with Crippen molar-refractivity contribution >= 4 is 29.0 Å². The molecule has 0 atom stereocenters. The average Bonchev–Trinajstić information content (AvgIpc) is 2.84. The van der Waals surface area contributed by atoms with Gasteiger partial charge in [0.25, 0.3) is 5.69 Å². The molecule has 0 spiro atoms. The third kappa shape index (κ3) is 5.10. The van der Waals surface area contributed by atoms with Crippen LogP contribution in [-0.4, -0.2) is 44.2 Å². The molecule has 1 aliphatic heterocycles. The summed E-state index contributed by atoms with van der Waals surface area (Å²) in [4.78, 5) is 41.5. The van der Waals surface area contributed by atoms with E-state index >= 15 is 0 Å². The van der Waals surface area contributed by atoms with Crippen molar-refractivity contribution in [2.24, 2.45) is 0 Å². The van der Waals surface area contributed by atoms with Crippen molar-refractivity contribution in [3.63, 3.8) is 0 Å². The van der Waals surface area contributed by atoms with Crippen molar-refractivity contribution in [1.29, 1.82) is 0 Å². The van der Waals surface area contributed by atoms with E-state index in [9.17, 15) is 19.7 Å². The van der Waals surface area contributed by atoms with Gasteiger partial charge in [-0.15, -0.1) is 0 Å². The van der Waals surface area contributed by atoms with Gasteiger partial charge in [-0.25, -0.2) is 9.59 Å². The van der Waals surface area contributed by atoms with Crippen LogP contribution in [0.15, 0.2) is 71.1 Å². The third-order valence-electron chi connectivity index (χ3n) is 6.06. The number of carbonyl (C=O) groups excluding carboxylic acids is 2. The van der Waals surface area contributed by atoms with E-state index in [4.69, 9.17) is 9.47 Å². The highest BCUT2D eigenvalue weighted by molar-refractivity contribution is 6.01. The Morgan fingerprint density at radius 3 is 1.92 bits per heavy atom. The molecule has 0 fully saturated rings. The number of rotatable bonds is 8. The number of benzene rings is 2. The number of allylic oxidation sites excluding steroid dienone is 2. The standard InChI is InChI=1S/C27H31N3O6/c1-7-35-26(31)23-17(3)29(21-14-12-20(13-15-21)28(5)6)18(4)24(27(32)36-8-2)25(23)19-10-9-11-22(16-19)30(33)34/h9-16,25H,7-8H2,1-6H3. The third-order valence-corrected chi connectivity index (χ3v) is 6.06. The van der Waals surface area contributed by atoms with Crippen LogP contribution in [0.5, 0.6) is 0 Å². The molecule has 0 N–H and O–H groups in total. The van der Waals surface area contributed by atoms with Crippen LogP contribution in [0.4, 0.5) is 17.1 Å². The molecule has 1 aliphatic rings. The van der Waals surface area contributed by atoms with E-state index in [0.717, 1.165) is 11.4 Å². The Kier molecular flexibility index (Phi) is 8.14. The zero-order valence-corrected chi connectivity index (χ0v) is 21.4. The second-order valence-corrected chi connectivity index (χ2v) is 8.47. The molecule has 36 heavy (non-hydrogen) atoms. The Labute approximate surface area is 210 Å². The number of non-ortho nitro benzene ring substituents is 1. The highest BCUT2D eigenvalue weighted by Crippen LogP contribution is 2.45. The van der Waals surface area contributed by atoms with Gasteiger partial charge in [0.1, 0.15) is 0 Å². The molecule has 0 bridgehead atoms. The summed E-state index contributed by atoms with van der Waals surface area (Å²) in [7, 11) is 3.88. The van der Waals surface area contributed by atoms with Crippen LogP contribution in [0.2, 0.25) is 0 Å². The van der Waals surface area contributed by atoms with Crippen LogP contribution in [0.1, 0.15) is 39.2 Å². The Balaban J connectivity index is 2.32. The number of anilines is 2. The first-order valence-electron chi connectivity index (χ1n) is 11.7. The summed E-state index contributed by atoms with van der Waals surface area (Å²) in [6.07, 6.45) is 0. The normalized spacial score (nSPS) is 14.1. The van der Waals surface area contributed by atoms with Gasteiger partial charge < -0.3 is 19.3 Å². The minimum Gasteiger partial charge on any atom is -0.463 e. The minimum atomic E-state index is -0.903. The molecule has 3 rings (SSSR count). The van der Waals surface area contributed by atoms with Gasteiger partial charge >= 0.3 is 11.9 Å². The van der Waals surface area contributed by atoms with Crippen LogP contribution in [0.3, 0.4) is 0 Å². The molecule has 1 heterocycles. The molecular weight excluding hydrogens is 462 g/mol. The lowest BCUT2D eigenvalue weighted by Gasteiger charge is -2.38. The van der Waals surface area contributed by atoms with Gasteiger partial charge in [-0.2, -0.15) is 0 Å². The molecule has 0 saturated heterocycles. The van der Waals surface area contributed by atoms with Gasteiger partial charge in [-0.05, 0) is 57.5 Å². The first-order chi connectivity index (χ1) is 17.1. The van der Waals surface area contributed by atoms with Gasteiger partial charge in [-0.3, -0.25) is 10.1 Å². The zero-order chi connectivity index (χ0) is 26.6. The predicted octanol–water partition coefficient (Wildman–Crippen LogP) is 4.94. The van der Waals surface area contributed by atoms with Crippen molar-refractivity contribution in [2.45, 2.75) is 33.6 Å². The molecule has 9 heteroatoms. The number of carbonyl (C=O) groups is 2. The van der Waals surface area contributed by atoms with Crippen molar-refractivity contribution in [2.75, 3.05) is 37.1 Å². The monoisotopic (exact) mass is 493 g/mol. The van der Waals surface area contributed by atoms with Crippen LogP contribution in [0, 0.1) is 10.1 Å². The highest BCUT2D eigenvalue weighted by Gasteiger charge is 2.41. The quantitative estimate of drug-likeness (QED) is 0.290. The maximum absolute atomic E-state index is 13.3. The highest BCUT2D eigenvalue weighted by atomic mass is 16.6. The topological polar surface area (TPSA) is 102 Å². The molecule has 2 aromatic rings. The zero-order valence-electron chi connectivity index (χ0n) is 21.4. The van der Waals surface area contributed by atoms with Crippen molar-refractivity contribution in [1.82, 2.24) is 0 Å². The summed E-state index contributed by atoms with van der Waals surface area (Å²) in [5.74, 6) is -2.10. The second kappa shape index (κ2) is 11.1. The van der Waals surface area contributed by atoms with Crippen LogP contribution in [-0.2, 0) is 19.1 Å². The van der Waals surface area contributed by atoms with Crippen molar-refractivity contribution < 1.29 is 24.0 Å². The van der Waals surface area contributed by atoms with Crippen LogP contribution >= 0.6 is 0 Å². The average molecular weight is 494 g/mol. The molecule has 0 radical (unpaired) electrons. The maximum atomic E-state index is 13.3. The van der Waals surface area contributed by atoms with Crippen molar-refractivity contribution in [3.8, 4) is 0 Å². The van der Waals surface area contributed by atoms with E-state index < -0.39 is 22.8 Å². The lowest BCUT2D eigenvalue weighted by atomic mass is 9.79.